The Morgan fingerprint density at radius 3 is 2.79 bits per heavy atom. The quantitative estimate of drug-likeness (QED) is 0.847. The minimum absolute atomic E-state index is 0.0351. The first-order chi connectivity index (χ1) is 11.2. The van der Waals surface area contributed by atoms with Crippen LogP contribution >= 0.6 is 0 Å². The predicted octanol–water partition coefficient (Wildman–Crippen LogP) is 2.59. The normalized spacial score (nSPS) is 19.9. The number of rotatable bonds is 2. The molecule has 6 nitrogen and oxygen atoms in total. The lowest BCUT2D eigenvalue weighted by atomic mass is 9.90. The summed E-state index contributed by atoms with van der Waals surface area (Å²) in [4.78, 5) is 21.4. The van der Waals surface area contributed by atoms with Gasteiger partial charge in [0.2, 0.25) is 0 Å². The van der Waals surface area contributed by atoms with Crippen molar-refractivity contribution in [1.82, 2.24) is 19.9 Å². The lowest BCUT2D eigenvalue weighted by Gasteiger charge is -2.38. The van der Waals surface area contributed by atoms with E-state index >= 15 is 0 Å². The number of piperazine rings is 1. The van der Waals surface area contributed by atoms with Gasteiger partial charge in [-0.05, 0) is 31.9 Å². The van der Waals surface area contributed by atoms with Crippen molar-refractivity contribution in [2.75, 3.05) is 26.7 Å². The number of hydrogen-bond acceptors (Lipinski definition) is 5. The van der Waals surface area contributed by atoms with Gasteiger partial charge in [-0.1, -0.05) is 25.9 Å². The summed E-state index contributed by atoms with van der Waals surface area (Å²) < 4.78 is 5.32. The molecule has 1 atom stereocenters. The van der Waals surface area contributed by atoms with Gasteiger partial charge >= 0.3 is 0 Å². The fraction of sp³-hybridized carbons (Fsp3) is 0.611. The molecule has 1 aliphatic heterocycles. The lowest BCUT2D eigenvalue weighted by molar-refractivity contribution is 0.0533. The second-order valence-electron chi connectivity index (χ2n) is 8.05. The third-order valence-electron chi connectivity index (χ3n) is 4.44. The van der Waals surface area contributed by atoms with E-state index in [4.69, 9.17) is 4.52 Å². The van der Waals surface area contributed by atoms with Gasteiger partial charge in [0.05, 0.1) is 16.6 Å². The monoisotopic (exact) mass is 330 g/mol. The SMILES string of the molecule is C[C@H]1CN(C)CCN1C(=O)c1cnc2onc(CC(C)(C)C)c2c1. The van der Waals surface area contributed by atoms with Crippen molar-refractivity contribution < 1.29 is 9.32 Å². The Hall–Kier alpha value is -1.95. The summed E-state index contributed by atoms with van der Waals surface area (Å²) >= 11 is 0. The predicted molar refractivity (Wildman–Crippen MR) is 93.0 cm³/mol. The third kappa shape index (κ3) is 3.43. The van der Waals surface area contributed by atoms with Crippen molar-refractivity contribution >= 4 is 17.0 Å². The van der Waals surface area contributed by atoms with Gasteiger partial charge < -0.3 is 14.3 Å². The van der Waals surface area contributed by atoms with Crippen molar-refractivity contribution in [3.8, 4) is 0 Å². The average Bonchev–Trinajstić information content (AvgIpc) is 2.87. The van der Waals surface area contributed by atoms with Gasteiger partial charge in [0.15, 0.2) is 0 Å². The third-order valence-corrected chi connectivity index (χ3v) is 4.44. The van der Waals surface area contributed by atoms with Crippen molar-refractivity contribution in [2.45, 2.75) is 40.2 Å². The molecule has 1 fully saturated rings. The summed E-state index contributed by atoms with van der Waals surface area (Å²) in [7, 11) is 2.09. The summed E-state index contributed by atoms with van der Waals surface area (Å²) in [5.41, 5.74) is 2.07. The molecule has 0 radical (unpaired) electrons. The molecule has 0 saturated carbocycles. The van der Waals surface area contributed by atoms with Crippen LogP contribution in [-0.4, -0.2) is 58.6 Å². The number of nitrogens with zero attached hydrogens (tertiary/aromatic N) is 4. The number of pyridine rings is 1. The molecule has 3 rings (SSSR count). The summed E-state index contributed by atoms with van der Waals surface area (Å²) in [5.74, 6) is 0.0351. The molecule has 1 aliphatic rings. The van der Waals surface area contributed by atoms with Crippen LogP contribution in [0.1, 0.15) is 43.7 Å². The first-order valence-electron chi connectivity index (χ1n) is 8.48. The van der Waals surface area contributed by atoms with E-state index in [1.165, 1.54) is 0 Å². The molecule has 0 spiro atoms. The molecular formula is C18H26N4O2. The summed E-state index contributed by atoms with van der Waals surface area (Å²) in [6, 6.07) is 2.08. The van der Waals surface area contributed by atoms with Gasteiger partial charge in [-0.3, -0.25) is 4.79 Å². The first-order valence-corrected chi connectivity index (χ1v) is 8.48. The fourth-order valence-electron chi connectivity index (χ4n) is 3.23. The Balaban J connectivity index is 1.89. The molecule has 0 aromatic carbocycles. The average molecular weight is 330 g/mol. The molecule has 0 unspecified atom stereocenters. The number of amides is 1. The number of likely N-dealkylation sites (N-methyl/N-ethyl adjacent to an activating group) is 1. The molecule has 0 bridgehead atoms. The Kier molecular flexibility index (Phi) is 4.34. The van der Waals surface area contributed by atoms with E-state index in [9.17, 15) is 4.79 Å². The molecular weight excluding hydrogens is 304 g/mol. The highest BCUT2D eigenvalue weighted by atomic mass is 16.5. The molecule has 130 valence electrons. The second-order valence-corrected chi connectivity index (χ2v) is 8.05. The largest absolute Gasteiger partial charge is 0.336 e. The van der Waals surface area contributed by atoms with E-state index in [0.29, 0.717) is 11.3 Å². The van der Waals surface area contributed by atoms with Crippen LogP contribution in [0.5, 0.6) is 0 Å². The number of carbonyl (C=O) groups is 1. The minimum Gasteiger partial charge on any atom is -0.336 e. The highest BCUT2D eigenvalue weighted by Crippen LogP contribution is 2.26. The minimum atomic E-state index is 0.0351. The van der Waals surface area contributed by atoms with E-state index < -0.39 is 0 Å². The van der Waals surface area contributed by atoms with Crippen LogP contribution in [0, 0.1) is 5.41 Å². The van der Waals surface area contributed by atoms with Gasteiger partial charge in [0.25, 0.3) is 11.6 Å². The van der Waals surface area contributed by atoms with E-state index in [1.807, 2.05) is 11.0 Å². The number of fused-ring (bicyclic) bond motifs is 1. The van der Waals surface area contributed by atoms with Crippen molar-refractivity contribution in [3.63, 3.8) is 0 Å². The maximum Gasteiger partial charge on any atom is 0.257 e. The highest BCUT2D eigenvalue weighted by Gasteiger charge is 2.27. The molecule has 0 N–H and O–H groups in total. The van der Waals surface area contributed by atoms with Gasteiger partial charge in [-0.2, -0.15) is 0 Å². The number of carbonyl (C=O) groups excluding carboxylic acids is 1. The number of hydrogen-bond donors (Lipinski definition) is 0. The van der Waals surface area contributed by atoms with Gasteiger partial charge in [-0.15, -0.1) is 0 Å². The summed E-state index contributed by atoms with van der Waals surface area (Å²) in [6.45, 7) is 11.1. The molecule has 6 heteroatoms. The van der Waals surface area contributed by atoms with Gasteiger partial charge in [0.1, 0.15) is 0 Å². The summed E-state index contributed by atoms with van der Waals surface area (Å²) in [6.07, 6.45) is 2.38. The molecule has 0 aliphatic carbocycles. The zero-order chi connectivity index (χ0) is 17.5. The Morgan fingerprint density at radius 1 is 1.38 bits per heavy atom. The smallest absolute Gasteiger partial charge is 0.257 e. The number of aromatic nitrogens is 2. The van der Waals surface area contributed by atoms with Crippen molar-refractivity contribution in [1.29, 1.82) is 0 Å². The van der Waals surface area contributed by atoms with Crippen LogP contribution in [0.2, 0.25) is 0 Å². The zero-order valence-electron chi connectivity index (χ0n) is 15.2. The van der Waals surface area contributed by atoms with Gasteiger partial charge in [0, 0.05) is 31.9 Å². The Bertz CT molecular complexity index is 747. The first kappa shape index (κ1) is 16.9. The van der Waals surface area contributed by atoms with Crippen LogP contribution in [-0.2, 0) is 6.42 Å². The zero-order valence-corrected chi connectivity index (χ0v) is 15.2. The molecule has 2 aromatic rings. The van der Waals surface area contributed by atoms with Crippen LogP contribution < -0.4 is 0 Å². The van der Waals surface area contributed by atoms with E-state index in [-0.39, 0.29) is 17.4 Å². The van der Waals surface area contributed by atoms with Crippen LogP contribution in [0.15, 0.2) is 16.8 Å². The van der Waals surface area contributed by atoms with Crippen LogP contribution in [0.25, 0.3) is 11.1 Å². The Labute approximate surface area is 142 Å². The Morgan fingerprint density at radius 2 is 2.12 bits per heavy atom. The van der Waals surface area contributed by atoms with E-state index in [2.05, 4.69) is 49.8 Å². The maximum atomic E-state index is 12.9. The topological polar surface area (TPSA) is 62.5 Å². The molecule has 1 saturated heterocycles. The molecule has 3 heterocycles. The van der Waals surface area contributed by atoms with E-state index in [1.54, 1.807) is 6.20 Å². The molecule has 24 heavy (non-hydrogen) atoms. The fourth-order valence-corrected chi connectivity index (χ4v) is 3.23. The van der Waals surface area contributed by atoms with E-state index in [0.717, 1.165) is 37.1 Å². The lowest BCUT2D eigenvalue weighted by Crippen LogP contribution is -2.52. The molecule has 1 amide bonds. The maximum absolute atomic E-state index is 12.9. The van der Waals surface area contributed by atoms with Crippen LogP contribution in [0.4, 0.5) is 0 Å². The summed E-state index contributed by atoms with van der Waals surface area (Å²) in [5, 5.41) is 4.99. The van der Waals surface area contributed by atoms with Gasteiger partial charge in [-0.25, -0.2) is 4.98 Å². The highest BCUT2D eigenvalue weighted by molar-refractivity contribution is 5.97. The standard InChI is InChI=1S/C18H26N4O2/c1-12-11-21(5)6-7-22(12)17(23)13-8-14-15(9-18(2,3)4)20-24-16(14)19-10-13/h8,10,12H,6-7,9,11H2,1-5H3/t12-/m0/s1. The van der Waals surface area contributed by atoms with Crippen molar-refractivity contribution in [2.24, 2.45) is 5.41 Å². The second kappa shape index (κ2) is 6.16. The van der Waals surface area contributed by atoms with Crippen molar-refractivity contribution in [3.05, 3.63) is 23.5 Å². The molecule has 2 aromatic heterocycles. The van der Waals surface area contributed by atoms with Crippen LogP contribution in [0.3, 0.4) is 0 Å².